The third-order valence-electron chi connectivity index (χ3n) is 3.34. The lowest BCUT2D eigenvalue weighted by molar-refractivity contribution is -0.134. The normalized spacial score (nSPS) is 17.6. The Morgan fingerprint density at radius 1 is 1.43 bits per heavy atom. The summed E-state index contributed by atoms with van der Waals surface area (Å²) in [6.45, 7) is 6.21. The van der Waals surface area contributed by atoms with Gasteiger partial charge in [-0.05, 0) is 13.8 Å². The van der Waals surface area contributed by atoms with Crippen LogP contribution in [-0.4, -0.2) is 65.5 Å². The summed E-state index contributed by atoms with van der Waals surface area (Å²) < 4.78 is 4.88. The smallest absolute Gasteiger partial charge is 0.239 e. The molecule has 0 saturated carbocycles. The highest BCUT2D eigenvalue weighted by atomic mass is 16.5. The molecule has 1 aromatic heterocycles. The fourth-order valence-electron chi connectivity index (χ4n) is 2.23. The number of anilines is 1. The second kappa shape index (κ2) is 6.68. The van der Waals surface area contributed by atoms with Crippen LogP contribution in [0.5, 0.6) is 0 Å². The van der Waals surface area contributed by atoms with E-state index >= 15 is 0 Å². The third-order valence-corrected chi connectivity index (χ3v) is 3.34. The molecule has 0 spiro atoms. The minimum absolute atomic E-state index is 0.0443. The van der Waals surface area contributed by atoms with Crippen molar-refractivity contribution in [1.29, 1.82) is 0 Å². The van der Waals surface area contributed by atoms with E-state index in [9.17, 15) is 9.59 Å². The number of carbonyl (C=O) groups is 2. The molecule has 2 amide bonds. The summed E-state index contributed by atoms with van der Waals surface area (Å²) in [7, 11) is 0. The summed E-state index contributed by atoms with van der Waals surface area (Å²) in [6.07, 6.45) is 0. The number of aromatic nitrogens is 1. The maximum absolute atomic E-state index is 11.9. The fraction of sp³-hybridized carbons (Fsp3) is 0.615. The van der Waals surface area contributed by atoms with Crippen LogP contribution in [0.25, 0.3) is 0 Å². The average molecular weight is 295 g/mol. The van der Waals surface area contributed by atoms with Crippen LogP contribution in [0, 0.1) is 6.92 Å². The quantitative estimate of drug-likeness (QED) is 0.769. The highest BCUT2D eigenvalue weighted by Crippen LogP contribution is 2.08. The van der Waals surface area contributed by atoms with Crippen molar-refractivity contribution in [2.45, 2.75) is 19.9 Å². The Kier molecular flexibility index (Phi) is 4.92. The van der Waals surface area contributed by atoms with Crippen LogP contribution in [0.3, 0.4) is 0 Å². The molecular weight excluding hydrogens is 274 g/mol. The van der Waals surface area contributed by atoms with Gasteiger partial charge >= 0.3 is 0 Å². The molecule has 3 N–H and O–H groups in total. The monoisotopic (exact) mass is 295 g/mol. The van der Waals surface area contributed by atoms with Crippen LogP contribution in [-0.2, 0) is 9.59 Å². The zero-order chi connectivity index (χ0) is 15.4. The van der Waals surface area contributed by atoms with Gasteiger partial charge < -0.3 is 20.5 Å². The van der Waals surface area contributed by atoms with E-state index in [1.807, 2.05) is 4.90 Å². The Morgan fingerprint density at radius 2 is 2.10 bits per heavy atom. The molecule has 1 aliphatic heterocycles. The van der Waals surface area contributed by atoms with Crippen molar-refractivity contribution in [1.82, 2.24) is 15.0 Å². The van der Waals surface area contributed by atoms with Gasteiger partial charge in [-0.3, -0.25) is 14.5 Å². The van der Waals surface area contributed by atoms with E-state index in [-0.39, 0.29) is 18.4 Å². The molecular formula is C13H21N5O3. The number of nitrogens with two attached hydrogens (primary N) is 1. The van der Waals surface area contributed by atoms with Crippen molar-refractivity contribution >= 4 is 17.6 Å². The van der Waals surface area contributed by atoms with Gasteiger partial charge in [-0.2, -0.15) is 0 Å². The first-order valence-corrected chi connectivity index (χ1v) is 6.95. The van der Waals surface area contributed by atoms with Crippen molar-refractivity contribution < 1.29 is 14.1 Å². The van der Waals surface area contributed by atoms with E-state index in [0.717, 1.165) is 0 Å². The lowest BCUT2D eigenvalue weighted by atomic mass is 10.2. The zero-order valence-electron chi connectivity index (χ0n) is 12.3. The summed E-state index contributed by atoms with van der Waals surface area (Å²) in [5.41, 5.74) is 5.59. The molecule has 2 heterocycles. The van der Waals surface area contributed by atoms with E-state index in [2.05, 4.69) is 10.5 Å². The van der Waals surface area contributed by atoms with Gasteiger partial charge in [0.25, 0.3) is 0 Å². The minimum atomic E-state index is -0.477. The molecule has 21 heavy (non-hydrogen) atoms. The lowest BCUT2D eigenvalue weighted by Crippen LogP contribution is -2.53. The van der Waals surface area contributed by atoms with Gasteiger partial charge in [-0.1, -0.05) is 5.16 Å². The van der Waals surface area contributed by atoms with E-state index in [1.54, 1.807) is 24.8 Å². The molecule has 0 aliphatic carbocycles. The fourth-order valence-corrected chi connectivity index (χ4v) is 2.23. The number of amides is 2. The number of aryl methyl sites for hydroxylation is 1. The zero-order valence-corrected chi connectivity index (χ0v) is 12.3. The molecule has 1 unspecified atom stereocenters. The Hall–Kier alpha value is -1.93. The summed E-state index contributed by atoms with van der Waals surface area (Å²) in [5, 5.41) is 6.39. The van der Waals surface area contributed by atoms with Crippen LogP contribution < -0.4 is 11.1 Å². The largest absolute Gasteiger partial charge is 0.360 e. The molecule has 0 bridgehead atoms. The van der Waals surface area contributed by atoms with Crippen molar-refractivity contribution in [3.05, 3.63) is 11.8 Å². The predicted octanol–water partition coefficient (Wildman–Crippen LogP) is -0.587. The standard InChI is InChI=1S/C13H21N5O3/c1-9-7-11(16-21-9)15-12(19)8-17-3-5-18(6-4-17)13(20)10(2)14/h7,10H,3-6,8,14H2,1-2H3,(H,15,16,19). The second-order valence-electron chi connectivity index (χ2n) is 5.26. The number of piperazine rings is 1. The highest BCUT2D eigenvalue weighted by molar-refractivity contribution is 5.91. The van der Waals surface area contributed by atoms with E-state index in [0.29, 0.717) is 37.8 Å². The molecule has 0 radical (unpaired) electrons. The summed E-state index contributed by atoms with van der Waals surface area (Å²) in [6, 6.07) is 1.19. The Bertz CT molecular complexity index is 506. The number of rotatable bonds is 4. The maximum Gasteiger partial charge on any atom is 0.239 e. The number of hydrogen-bond acceptors (Lipinski definition) is 6. The number of carbonyl (C=O) groups excluding carboxylic acids is 2. The summed E-state index contributed by atoms with van der Waals surface area (Å²) in [5.74, 6) is 0.879. The van der Waals surface area contributed by atoms with Gasteiger partial charge in [0.1, 0.15) is 5.76 Å². The first kappa shape index (κ1) is 15.5. The molecule has 0 aromatic carbocycles. The maximum atomic E-state index is 11.9. The Labute approximate surface area is 123 Å². The summed E-state index contributed by atoms with van der Waals surface area (Å²) in [4.78, 5) is 27.4. The Morgan fingerprint density at radius 3 is 2.62 bits per heavy atom. The van der Waals surface area contributed by atoms with Gasteiger partial charge in [-0.25, -0.2) is 0 Å². The first-order chi connectivity index (χ1) is 9.95. The molecule has 1 atom stereocenters. The van der Waals surface area contributed by atoms with Crippen LogP contribution in [0.15, 0.2) is 10.6 Å². The molecule has 8 heteroatoms. The predicted molar refractivity (Wildman–Crippen MR) is 76.5 cm³/mol. The third kappa shape index (κ3) is 4.27. The molecule has 1 saturated heterocycles. The minimum Gasteiger partial charge on any atom is -0.360 e. The van der Waals surface area contributed by atoms with Crippen molar-refractivity contribution in [2.75, 3.05) is 38.0 Å². The average Bonchev–Trinajstić information content (AvgIpc) is 2.83. The van der Waals surface area contributed by atoms with Crippen LogP contribution in [0.2, 0.25) is 0 Å². The van der Waals surface area contributed by atoms with Crippen LogP contribution in [0.1, 0.15) is 12.7 Å². The van der Waals surface area contributed by atoms with Crippen LogP contribution >= 0.6 is 0 Å². The van der Waals surface area contributed by atoms with Crippen molar-refractivity contribution in [3.63, 3.8) is 0 Å². The SMILES string of the molecule is Cc1cc(NC(=O)CN2CCN(C(=O)C(C)N)CC2)no1. The van der Waals surface area contributed by atoms with E-state index in [1.165, 1.54) is 0 Å². The Balaban J connectivity index is 1.75. The van der Waals surface area contributed by atoms with Gasteiger partial charge in [0.05, 0.1) is 12.6 Å². The second-order valence-corrected chi connectivity index (χ2v) is 5.26. The first-order valence-electron chi connectivity index (χ1n) is 6.95. The molecule has 8 nitrogen and oxygen atoms in total. The number of hydrogen-bond donors (Lipinski definition) is 2. The molecule has 1 fully saturated rings. The summed E-state index contributed by atoms with van der Waals surface area (Å²) >= 11 is 0. The van der Waals surface area contributed by atoms with Crippen molar-refractivity contribution in [2.24, 2.45) is 5.73 Å². The van der Waals surface area contributed by atoms with Gasteiger partial charge in [0, 0.05) is 32.2 Å². The van der Waals surface area contributed by atoms with E-state index < -0.39 is 6.04 Å². The molecule has 116 valence electrons. The molecule has 1 aliphatic rings. The van der Waals surface area contributed by atoms with E-state index in [4.69, 9.17) is 10.3 Å². The molecule has 1 aromatic rings. The van der Waals surface area contributed by atoms with Crippen LogP contribution in [0.4, 0.5) is 5.82 Å². The highest BCUT2D eigenvalue weighted by Gasteiger charge is 2.24. The van der Waals surface area contributed by atoms with Crippen molar-refractivity contribution in [3.8, 4) is 0 Å². The number of nitrogens with one attached hydrogen (secondary N) is 1. The van der Waals surface area contributed by atoms with Gasteiger partial charge in [0.2, 0.25) is 11.8 Å². The lowest BCUT2D eigenvalue weighted by Gasteiger charge is -2.35. The van der Waals surface area contributed by atoms with Gasteiger partial charge in [-0.15, -0.1) is 0 Å². The topological polar surface area (TPSA) is 105 Å². The molecule has 2 rings (SSSR count). The number of nitrogens with zero attached hydrogens (tertiary/aromatic N) is 3. The van der Waals surface area contributed by atoms with Gasteiger partial charge in [0.15, 0.2) is 5.82 Å².